The molecule has 0 spiro atoms. The van der Waals surface area contributed by atoms with Crippen molar-refractivity contribution < 1.29 is 9.53 Å². The van der Waals surface area contributed by atoms with Crippen LogP contribution in [0.15, 0.2) is 24.7 Å². The summed E-state index contributed by atoms with van der Waals surface area (Å²) in [5.74, 6) is 0.116. The van der Waals surface area contributed by atoms with Gasteiger partial charge in [0.25, 0.3) is 0 Å². The summed E-state index contributed by atoms with van der Waals surface area (Å²) in [5, 5.41) is 4.26. The Labute approximate surface area is 128 Å². The zero-order valence-electron chi connectivity index (χ0n) is 12.2. The number of hydrogen-bond donors (Lipinski definition) is 0. The summed E-state index contributed by atoms with van der Waals surface area (Å²) in [5.41, 5.74) is 0.0997. The van der Waals surface area contributed by atoms with E-state index in [9.17, 15) is 4.79 Å². The van der Waals surface area contributed by atoms with Crippen LogP contribution >= 0.6 is 11.6 Å². The number of aromatic nitrogens is 4. The second-order valence-electron chi connectivity index (χ2n) is 5.02. The molecule has 0 N–H and O–H groups in total. The average molecular weight is 309 g/mol. The number of ether oxygens (including phenoxy) is 1. The molecule has 1 atom stereocenters. The van der Waals surface area contributed by atoms with Crippen molar-refractivity contribution in [2.75, 3.05) is 0 Å². The Morgan fingerprint density at radius 3 is 2.81 bits per heavy atom. The monoisotopic (exact) mass is 308 g/mol. The van der Waals surface area contributed by atoms with Crippen LogP contribution in [0.25, 0.3) is 0 Å². The molecule has 6 nitrogen and oxygen atoms in total. The molecule has 2 aromatic heterocycles. The van der Waals surface area contributed by atoms with Crippen LogP contribution in [0, 0.1) is 0 Å². The minimum atomic E-state index is -0.552. The largest absolute Gasteiger partial charge is 0.456 e. The van der Waals surface area contributed by atoms with E-state index in [1.807, 2.05) is 19.9 Å². The van der Waals surface area contributed by atoms with Crippen LogP contribution in [-0.2, 0) is 11.3 Å². The second kappa shape index (κ2) is 6.67. The lowest BCUT2D eigenvalue weighted by Crippen LogP contribution is -2.22. The third-order valence-corrected chi connectivity index (χ3v) is 3.06. The molecule has 2 rings (SSSR count). The molecule has 0 amide bonds. The highest BCUT2D eigenvalue weighted by Gasteiger charge is 2.19. The van der Waals surface area contributed by atoms with Gasteiger partial charge in [-0.15, -0.1) is 0 Å². The van der Waals surface area contributed by atoms with Gasteiger partial charge in [-0.3, -0.25) is 4.68 Å². The molecular weight excluding hydrogens is 292 g/mol. The molecule has 0 fully saturated rings. The van der Waals surface area contributed by atoms with Crippen molar-refractivity contribution >= 4 is 17.6 Å². The predicted octanol–water partition coefficient (Wildman–Crippen LogP) is 2.70. The quantitative estimate of drug-likeness (QED) is 0.794. The van der Waals surface area contributed by atoms with Gasteiger partial charge in [0.1, 0.15) is 11.9 Å². The van der Waals surface area contributed by atoms with Gasteiger partial charge in [0.2, 0.25) is 0 Å². The molecule has 0 saturated carbocycles. The maximum Gasteiger partial charge on any atom is 0.358 e. The van der Waals surface area contributed by atoms with Crippen LogP contribution in [0.1, 0.15) is 43.0 Å². The third kappa shape index (κ3) is 4.01. The number of esters is 1. The van der Waals surface area contributed by atoms with E-state index in [4.69, 9.17) is 16.3 Å². The fourth-order valence-electron chi connectivity index (χ4n) is 1.75. The SMILES string of the molecule is CC(Cn1cccn1)OC(=O)c1nc(C(C)C)ncc1Cl. The van der Waals surface area contributed by atoms with Gasteiger partial charge in [-0.1, -0.05) is 25.4 Å². The molecule has 21 heavy (non-hydrogen) atoms. The molecule has 2 aromatic rings. The summed E-state index contributed by atoms with van der Waals surface area (Å²) in [4.78, 5) is 20.4. The van der Waals surface area contributed by atoms with Crippen molar-refractivity contribution in [1.82, 2.24) is 19.7 Å². The Morgan fingerprint density at radius 2 is 2.19 bits per heavy atom. The predicted molar refractivity (Wildman–Crippen MR) is 78.2 cm³/mol. The number of carbonyl (C=O) groups is 1. The molecule has 0 bridgehead atoms. The summed E-state index contributed by atoms with van der Waals surface area (Å²) in [6.45, 7) is 6.15. The van der Waals surface area contributed by atoms with Gasteiger partial charge in [0.05, 0.1) is 17.8 Å². The summed E-state index contributed by atoms with van der Waals surface area (Å²) in [7, 11) is 0. The number of halogens is 1. The zero-order valence-corrected chi connectivity index (χ0v) is 12.9. The first-order valence-corrected chi connectivity index (χ1v) is 7.06. The zero-order chi connectivity index (χ0) is 15.4. The Morgan fingerprint density at radius 1 is 1.43 bits per heavy atom. The Bertz CT molecular complexity index is 613. The Hall–Kier alpha value is -1.95. The third-order valence-electron chi connectivity index (χ3n) is 2.78. The van der Waals surface area contributed by atoms with Gasteiger partial charge in [0.15, 0.2) is 5.69 Å². The van der Waals surface area contributed by atoms with Crippen molar-refractivity contribution in [3.05, 3.63) is 41.2 Å². The lowest BCUT2D eigenvalue weighted by molar-refractivity contribution is 0.0291. The number of hydrogen-bond acceptors (Lipinski definition) is 5. The van der Waals surface area contributed by atoms with E-state index >= 15 is 0 Å². The molecule has 1 unspecified atom stereocenters. The van der Waals surface area contributed by atoms with E-state index in [-0.39, 0.29) is 22.7 Å². The van der Waals surface area contributed by atoms with Crippen molar-refractivity contribution in [3.8, 4) is 0 Å². The molecule has 0 radical (unpaired) electrons. The number of rotatable bonds is 5. The van der Waals surface area contributed by atoms with Crippen molar-refractivity contribution in [2.24, 2.45) is 0 Å². The van der Waals surface area contributed by atoms with E-state index < -0.39 is 5.97 Å². The van der Waals surface area contributed by atoms with Crippen LogP contribution in [0.5, 0.6) is 0 Å². The highest BCUT2D eigenvalue weighted by Crippen LogP contribution is 2.17. The summed E-state index contributed by atoms with van der Waals surface area (Å²) >= 11 is 5.98. The molecule has 0 aliphatic carbocycles. The topological polar surface area (TPSA) is 69.9 Å². The minimum Gasteiger partial charge on any atom is -0.456 e. The van der Waals surface area contributed by atoms with Crippen LogP contribution < -0.4 is 0 Å². The van der Waals surface area contributed by atoms with Crippen molar-refractivity contribution in [2.45, 2.75) is 39.3 Å². The van der Waals surface area contributed by atoms with E-state index in [1.54, 1.807) is 24.0 Å². The lowest BCUT2D eigenvalue weighted by atomic mass is 10.2. The van der Waals surface area contributed by atoms with Crippen LogP contribution in [0.2, 0.25) is 5.02 Å². The lowest BCUT2D eigenvalue weighted by Gasteiger charge is -2.14. The van der Waals surface area contributed by atoms with Crippen molar-refractivity contribution in [3.63, 3.8) is 0 Å². The maximum atomic E-state index is 12.2. The summed E-state index contributed by atoms with van der Waals surface area (Å²) in [6, 6.07) is 1.81. The number of carbonyl (C=O) groups excluding carboxylic acids is 1. The van der Waals surface area contributed by atoms with E-state index in [0.29, 0.717) is 12.4 Å². The summed E-state index contributed by atoms with van der Waals surface area (Å²) < 4.78 is 7.04. The standard InChI is InChI=1S/C14H17ClN4O2/c1-9(2)13-16-7-11(15)12(18-13)14(20)21-10(3)8-19-6-4-5-17-19/h4-7,9-10H,8H2,1-3H3. The fraction of sp³-hybridized carbons (Fsp3) is 0.429. The Balaban J connectivity index is 2.07. The van der Waals surface area contributed by atoms with E-state index in [2.05, 4.69) is 15.1 Å². The molecule has 0 aliphatic rings. The molecule has 0 saturated heterocycles. The van der Waals surface area contributed by atoms with Crippen molar-refractivity contribution in [1.29, 1.82) is 0 Å². The van der Waals surface area contributed by atoms with Gasteiger partial charge in [-0.25, -0.2) is 14.8 Å². The first-order valence-electron chi connectivity index (χ1n) is 6.68. The van der Waals surface area contributed by atoms with E-state index in [1.165, 1.54) is 6.20 Å². The van der Waals surface area contributed by atoms with Gasteiger partial charge in [-0.05, 0) is 13.0 Å². The Kier molecular flexibility index (Phi) is 4.90. The molecule has 7 heteroatoms. The minimum absolute atomic E-state index is 0.0997. The average Bonchev–Trinajstić information content (AvgIpc) is 2.91. The molecule has 0 aliphatic heterocycles. The molecule has 0 aromatic carbocycles. The van der Waals surface area contributed by atoms with E-state index in [0.717, 1.165) is 0 Å². The van der Waals surface area contributed by atoms with Crippen LogP contribution in [-0.4, -0.2) is 31.8 Å². The highest BCUT2D eigenvalue weighted by atomic mass is 35.5. The van der Waals surface area contributed by atoms with Gasteiger partial charge in [0, 0.05) is 18.3 Å². The van der Waals surface area contributed by atoms with Crippen LogP contribution in [0.4, 0.5) is 0 Å². The fourth-order valence-corrected chi connectivity index (χ4v) is 1.92. The molecule has 2 heterocycles. The first kappa shape index (κ1) is 15.4. The van der Waals surface area contributed by atoms with Gasteiger partial charge >= 0.3 is 5.97 Å². The summed E-state index contributed by atoms with van der Waals surface area (Å²) in [6.07, 6.45) is 4.56. The smallest absolute Gasteiger partial charge is 0.358 e. The molecular formula is C14H17ClN4O2. The van der Waals surface area contributed by atoms with Gasteiger partial charge < -0.3 is 4.74 Å². The first-order chi connectivity index (χ1) is 9.97. The second-order valence-corrected chi connectivity index (χ2v) is 5.43. The normalized spacial score (nSPS) is 12.4. The van der Waals surface area contributed by atoms with Gasteiger partial charge in [-0.2, -0.15) is 5.10 Å². The number of nitrogens with zero attached hydrogens (tertiary/aromatic N) is 4. The van der Waals surface area contributed by atoms with Crippen LogP contribution in [0.3, 0.4) is 0 Å². The maximum absolute atomic E-state index is 12.2. The molecule has 112 valence electrons. The highest BCUT2D eigenvalue weighted by molar-refractivity contribution is 6.33.